The Morgan fingerprint density at radius 1 is 1.40 bits per heavy atom. The van der Waals surface area contributed by atoms with E-state index in [2.05, 4.69) is 5.32 Å². The van der Waals surface area contributed by atoms with Crippen molar-refractivity contribution in [1.82, 2.24) is 5.32 Å². The lowest BCUT2D eigenvalue weighted by Gasteiger charge is -2.14. The molecule has 1 aromatic carbocycles. The van der Waals surface area contributed by atoms with Crippen LogP contribution < -0.4 is 5.32 Å². The molecule has 6 heteroatoms. The zero-order valence-electron chi connectivity index (χ0n) is 11.4. The van der Waals surface area contributed by atoms with E-state index in [0.717, 1.165) is 19.1 Å². The molecule has 110 valence electrons. The van der Waals surface area contributed by atoms with E-state index in [4.69, 9.17) is 5.11 Å². The summed E-state index contributed by atoms with van der Waals surface area (Å²) < 4.78 is 22.9. The second-order valence-electron chi connectivity index (χ2n) is 5.46. The van der Waals surface area contributed by atoms with Gasteiger partial charge < -0.3 is 10.4 Å². The number of aliphatic hydroxyl groups excluding tert-OH is 1. The predicted molar refractivity (Wildman–Crippen MR) is 75.3 cm³/mol. The highest BCUT2D eigenvalue weighted by Gasteiger charge is 2.41. The van der Waals surface area contributed by atoms with Crippen molar-refractivity contribution >= 4 is 15.7 Å². The van der Waals surface area contributed by atoms with Gasteiger partial charge in [0.1, 0.15) is 0 Å². The SMILES string of the molecule is CS(=O)(=O)c1cccc(C(=O)NCC2(CCO)CC2)c1. The van der Waals surface area contributed by atoms with Crippen molar-refractivity contribution in [3.8, 4) is 0 Å². The number of hydrogen-bond donors (Lipinski definition) is 2. The molecule has 1 fully saturated rings. The molecular weight excluding hydrogens is 278 g/mol. The first-order chi connectivity index (χ1) is 9.36. The molecule has 2 rings (SSSR count). The first kappa shape index (κ1) is 15.0. The molecule has 1 aromatic rings. The molecule has 1 saturated carbocycles. The van der Waals surface area contributed by atoms with Crippen molar-refractivity contribution in [1.29, 1.82) is 0 Å². The molecule has 1 amide bonds. The van der Waals surface area contributed by atoms with Crippen LogP contribution in [0.5, 0.6) is 0 Å². The van der Waals surface area contributed by atoms with Crippen LogP contribution in [-0.4, -0.2) is 38.8 Å². The molecule has 1 aliphatic rings. The van der Waals surface area contributed by atoms with Crippen molar-refractivity contribution in [3.05, 3.63) is 29.8 Å². The molecule has 0 bridgehead atoms. The number of hydrogen-bond acceptors (Lipinski definition) is 4. The fourth-order valence-electron chi connectivity index (χ4n) is 2.17. The Labute approximate surface area is 118 Å². The van der Waals surface area contributed by atoms with E-state index in [1.807, 2.05) is 0 Å². The Kier molecular flexibility index (Phi) is 4.15. The van der Waals surface area contributed by atoms with E-state index in [1.165, 1.54) is 12.1 Å². The molecule has 0 unspecified atom stereocenters. The summed E-state index contributed by atoms with van der Waals surface area (Å²) >= 11 is 0. The normalized spacial score (nSPS) is 16.7. The van der Waals surface area contributed by atoms with E-state index in [-0.39, 0.29) is 22.8 Å². The minimum atomic E-state index is -3.31. The molecule has 5 nitrogen and oxygen atoms in total. The van der Waals surface area contributed by atoms with E-state index in [0.29, 0.717) is 18.5 Å². The molecule has 0 atom stereocenters. The fourth-order valence-corrected chi connectivity index (χ4v) is 2.83. The fraction of sp³-hybridized carbons (Fsp3) is 0.500. The highest BCUT2D eigenvalue weighted by molar-refractivity contribution is 7.90. The van der Waals surface area contributed by atoms with Crippen LogP contribution in [0.2, 0.25) is 0 Å². The Bertz CT molecular complexity index is 605. The highest BCUT2D eigenvalue weighted by atomic mass is 32.2. The standard InChI is InChI=1S/C14H19NO4S/c1-20(18,19)12-4-2-3-11(9-12)13(17)15-10-14(5-6-14)7-8-16/h2-4,9,16H,5-8,10H2,1H3,(H,15,17). The Balaban J connectivity index is 2.03. The summed E-state index contributed by atoms with van der Waals surface area (Å²) in [6.45, 7) is 0.648. The van der Waals surface area contributed by atoms with Crippen LogP contribution in [0, 0.1) is 5.41 Å². The Morgan fingerprint density at radius 3 is 2.65 bits per heavy atom. The topological polar surface area (TPSA) is 83.5 Å². The lowest BCUT2D eigenvalue weighted by Crippen LogP contribution is -2.30. The smallest absolute Gasteiger partial charge is 0.251 e. The van der Waals surface area contributed by atoms with E-state index < -0.39 is 9.84 Å². The van der Waals surface area contributed by atoms with Crippen LogP contribution >= 0.6 is 0 Å². The van der Waals surface area contributed by atoms with Crippen LogP contribution in [0.15, 0.2) is 29.2 Å². The van der Waals surface area contributed by atoms with Crippen LogP contribution in [0.25, 0.3) is 0 Å². The number of benzene rings is 1. The number of carbonyl (C=O) groups excluding carboxylic acids is 1. The van der Waals surface area contributed by atoms with E-state index in [1.54, 1.807) is 12.1 Å². The minimum Gasteiger partial charge on any atom is -0.396 e. The number of nitrogens with one attached hydrogen (secondary N) is 1. The van der Waals surface area contributed by atoms with E-state index >= 15 is 0 Å². The highest BCUT2D eigenvalue weighted by Crippen LogP contribution is 2.47. The second kappa shape index (κ2) is 5.54. The lowest BCUT2D eigenvalue weighted by atomic mass is 10.0. The van der Waals surface area contributed by atoms with Crippen molar-refractivity contribution in [2.45, 2.75) is 24.2 Å². The van der Waals surface area contributed by atoms with E-state index in [9.17, 15) is 13.2 Å². The molecule has 0 aromatic heterocycles. The van der Waals surface area contributed by atoms with Gasteiger partial charge in [-0.1, -0.05) is 6.07 Å². The van der Waals surface area contributed by atoms with Gasteiger partial charge in [-0.25, -0.2) is 8.42 Å². The average molecular weight is 297 g/mol. The van der Waals surface area contributed by atoms with Gasteiger partial charge in [0.15, 0.2) is 9.84 Å². The molecule has 0 radical (unpaired) electrons. The summed E-state index contributed by atoms with van der Waals surface area (Å²) in [5.41, 5.74) is 0.381. The predicted octanol–water partition coefficient (Wildman–Crippen LogP) is 0.982. The molecule has 2 N–H and O–H groups in total. The number of aliphatic hydroxyl groups is 1. The van der Waals surface area contributed by atoms with Crippen LogP contribution in [0.3, 0.4) is 0 Å². The summed E-state index contributed by atoms with van der Waals surface area (Å²) in [6, 6.07) is 6.01. The third-order valence-electron chi connectivity index (χ3n) is 3.75. The monoisotopic (exact) mass is 297 g/mol. The molecule has 0 saturated heterocycles. The summed E-state index contributed by atoms with van der Waals surface area (Å²) in [7, 11) is -3.31. The molecular formula is C14H19NO4S. The van der Waals surface area contributed by atoms with Gasteiger partial charge >= 0.3 is 0 Å². The minimum absolute atomic E-state index is 0.0405. The zero-order valence-corrected chi connectivity index (χ0v) is 12.2. The first-order valence-electron chi connectivity index (χ1n) is 6.56. The maximum absolute atomic E-state index is 12.0. The van der Waals surface area contributed by atoms with Crippen molar-refractivity contribution in [3.63, 3.8) is 0 Å². The Hall–Kier alpha value is -1.40. The van der Waals surface area contributed by atoms with Crippen molar-refractivity contribution in [2.75, 3.05) is 19.4 Å². The first-order valence-corrected chi connectivity index (χ1v) is 8.45. The molecule has 0 spiro atoms. The van der Waals surface area contributed by atoms with Gasteiger partial charge in [0.25, 0.3) is 5.91 Å². The second-order valence-corrected chi connectivity index (χ2v) is 7.47. The molecule has 0 aliphatic heterocycles. The van der Waals surface area contributed by atoms with Crippen LogP contribution in [0.4, 0.5) is 0 Å². The maximum Gasteiger partial charge on any atom is 0.251 e. The van der Waals surface area contributed by atoms with Crippen molar-refractivity contribution < 1.29 is 18.3 Å². The Morgan fingerprint density at radius 2 is 2.10 bits per heavy atom. The number of carbonyl (C=O) groups is 1. The average Bonchev–Trinajstić information content (AvgIpc) is 3.16. The van der Waals surface area contributed by atoms with Crippen molar-refractivity contribution in [2.24, 2.45) is 5.41 Å². The number of rotatable bonds is 6. The maximum atomic E-state index is 12.0. The van der Waals surface area contributed by atoms with Gasteiger partial charge in [0, 0.05) is 25.0 Å². The quantitative estimate of drug-likeness (QED) is 0.820. The number of sulfone groups is 1. The van der Waals surface area contributed by atoms with Gasteiger partial charge in [-0.3, -0.25) is 4.79 Å². The third-order valence-corrected chi connectivity index (χ3v) is 4.86. The summed E-state index contributed by atoms with van der Waals surface area (Å²) in [5, 5.41) is 11.8. The van der Waals surface area contributed by atoms with Gasteiger partial charge in [-0.15, -0.1) is 0 Å². The molecule has 1 aliphatic carbocycles. The van der Waals surface area contributed by atoms with Gasteiger partial charge in [0.2, 0.25) is 0 Å². The summed E-state index contributed by atoms with van der Waals surface area (Å²) in [6.07, 6.45) is 3.83. The zero-order chi connectivity index (χ0) is 14.8. The summed E-state index contributed by atoms with van der Waals surface area (Å²) in [5.74, 6) is -0.278. The third kappa shape index (κ3) is 3.58. The van der Waals surface area contributed by atoms with Gasteiger partial charge in [0.05, 0.1) is 4.90 Å². The molecule has 20 heavy (non-hydrogen) atoms. The summed E-state index contributed by atoms with van der Waals surface area (Å²) in [4.78, 5) is 12.2. The van der Waals surface area contributed by atoms with Crippen LogP contribution in [0.1, 0.15) is 29.6 Å². The largest absolute Gasteiger partial charge is 0.396 e. The van der Waals surface area contributed by atoms with Gasteiger partial charge in [-0.05, 0) is 42.9 Å². The van der Waals surface area contributed by atoms with Crippen LogP contribution in [-0.2, 0) is 9.84 Å². The number of amides is 1. The van der Waals surface area contributed by atoms with Gasteiger partial charge in [-0.2, -0.15) is 0 Å². The molecule has 0 heterocycles. The lowest BCUT2D eigenvalue weighted by molar-refractivity contribution is 0.0940.